The summed E-state index contributed by atoms with van der Waals surface area (Å²) < 4.78 is 14.0. The average molecular weight is 580 g/mol. The zero-order chi connectivity index (χ0) is 26.8. The van der Waals surface area contributed by atoms with Gasteiger partial charge in [-0.05, 0) is 48.0 Å². The lowest BCUT2D eigenvalue weighted by Gasteiger charge is -2.26. The van der Waals surface area contributed by atoms with Crippen molar-refractivity contribution in [1.29, 1.82) is 0 Å². The van der Waals surface area contributed by atoms with Crippen molar-refractivity contribution in [2.45, 2.75) is 0 Å². The van der Waals surface area contributed by atoms with Gasteiger partial charge in [0.25, 0.3) is 0 Å². The molecule has 2 aromatic heterocycles. The molecule has 9 heteroatoms. The van der Waals surface area contributed by atoms with Gasteiger partial charge in [-0.2, -0.15) is 5.10 Å². The molecule has 0 amide bonds. The van der Waals surface area contributed by atoms with Crippen LogP contribution in [0.5, 0.6) is 5.75 Å². The van der Waals surface area contributed by atoms with E-state index in [0.717, 1.165) is 60.6 Å². The van der Waals surface area contributed by atoms with Gasteiger partial charge in [0, 0.05) is 35.2 Å². The summed E-state index contributed by atoms with van der Waals surface area (Å²) in [6, 6.07) is 23.0. The van der Waals surface area contributed by atoms with Gasteiger partial charge in [-0.1, -0.05) is 65.1 Å². The summed E-state index contributed by atoms with van der Waals surface area (Å²) in [5.74, 6) is 0.693. The van der Waals surface area contributed by atoms with Crippen molar-refractivity contribution in [2.75, 3.05) is 39.5 Å². The largest absolute Gasteiger partial charge is 0.491 e. The SMILES string of the molecule is Clc1ccc(-c2c(-c3ccc(Cl)cc3Cl)nc3c(cnn3-c3ccccc3)c2OCCN2CCOCC2)cc1. The lowest BCUT2D eigenvalue weighted by atomic mass is 9.97. The Labute approximate surface area is 241 Å². The van der Waals surface area contributed by atoms with Crippen molar-refractivity contribution >= 4 is 45.8 Å². The molecule has 39 heavy (non-hydrogen) atoms. The number of aromatic nitrogens is 3. The first-order valence-corrected chi connectivity index (χ1v) is 13.8. The Morgan fingerprint density at radius 3 is 2.36 bits per heavy atom. The summed E-state index contributed by atoms with van der Waals surface area (Å²) in [5.41, 5.74) is 4.70. The summed E-state index contributed by atoms with van der Waals surface area (Å²) in [5, 5.41) is 7.21. The summed E-state index contributed by atoms with van der Waals surface area (Å²) in [4.78, 5) is 7.50. The van der Waals surface area contributed by atoms with Crippen LogP contribution in [0.1, 0.15) is 0 Å². The van der Waals surface area contributed by atoms with E-state index in [2.05, 4.69) is 4.90 Å². The highest BCUT2D eigenvalue weighted by Crippen LogP contribution is 2.45. The molecular weight excluding hydrogens is 555 g/mol. The Bertz CT molecular complexity index is 1600. The van der Waals surface area contributed by atoms with Crippen molar-refractivity contribution in [3.8, 4) is 33.8 Å². The smallest absolute Gasteiger partial charge is 0.167 e. The van der Waals surface area contributed by atoms with Crippen LogP contribution in [0.4, 0.5) is 0 Å². The highest BCUT2D eigenvalue weighted by Gasteiger charge is 2.24. The van der Waals surface area contributed by atoms with Crippen LogP contribution in [0.15, 0.2) is 79.0 Å². The molecular formula is C30H25Cl3N4O2. The second-order valence-electron chi connectivity index (χ2n) is 9.23. The molecule has 6 rings (SSSR count). The van der Waals surface area contributed by atoms with Crippen LogP contribution in [0.2, 0.25) is 15.1 Å². The Balaban J connectivity index is 1.57. The summed E-state index contributed by atoms with van der Waals surface area (Å²) in [7, 11) is 0. The molecule has 0 bridgehead atoms. The van der Waals surface area contributed by atoms with E-state index in [1.807, 2.05) is 77.6 Å². The van der Waals surface area contributed by atoms with Crippen LogP contribution >= 0.6 is 34.8 Å². The normalized spacial score (nSPS) is 14.1. The molecule has 1 fully saturated rings. The van der Waals surface area contributed by atoms with Crippen LogP contribution in [-0.4, -0.2) is 59.1 Å². The Morgan fingerprint density at radius 1 is 0.872 bits per heavy atom. The number of rotatable bonds is 7. The number of hydrogen-bond acceptors (Lipinski definition) is 5. The second-order valence-corrected chi connectivity index (χ2v) is 10.5. The zero-order valence-electron chi connectivity index (χ0n) is 21.0. The van der Waals surface area contributed by atoms with Gasteiger partial charge < -0.3 is 9.47 Å². The molecule has 3 aromatic carbocycles. The number of nitrogens with zero attached hydrogens (tertiary/aromatic N) is 4. The van der Waals surface area contributed by atoms with E-state index in [-0.39, 0.29) is 0 Å². The summed E-state index contributed by atoms with van der Waals surface area (Å²) in [6.07, 6.45) is 1.81. The number of halogens is 3. The Kier molecular flexibility index (Phi) is 7.73. The first-order valence-electron chi connectivity index (χ1n) is 12.7. The van der Waals surface area contributed by atoms with Gasteiger partial charge in [-0.3, -0.25) is 4.90 Å². The molecule has 0 spiro atoms. The van der Waals surface area contributed by atoms with E-state index in [0.29, 0.717) is 38.8 Å². The number of ether oxygens (including phenoxy) is 2. The minimum atomic E-state index is 0.490. The predicted octanol–water partition coefficient (Wildman–Crippen LogP) is 7.43. The van der Waals surface area contributed by atoms with E-state index in [1.165, 1.54) is 0 Å². The number of benzene rings is 3. The summed E-state index contributed by atoms with van der Waals surface area (Å²) >= 11 is 19.3. The van der Waals surface area contributed by atoms with Crippen molar-refractivity contribution in [2.24, 2.45) is 0 Å². The highest BCUT2D eigenvalue weighted by atomic mass is 35.5. The van der Waals surface area contributed by atoms with Crippen LogP contribution in [0, 0.1) is 0 Å². The van der Waals surface area contributed by atoms with Gasteiger partial charge in [0.1, 0.15) is 12.4 Å². The van der Waals surface area contributed by atoms with Crippen LogP contribution in [0.3, 0.4) is 0 Å². The van der Waals surface area contributed by atoms with Gasteiger partial charge in [-0.15, -0.1) is 0 Å². The third kappa shape index (κ3) is 5.49. The van der Waals surface area contributed by atoms with E-state index in [4.69, 9.17) is 54.4 Å². The number of pyridine rings is 1. The number of hydrogen-bond donors (Lipinski definition) is 0. The Hall–Kier alpha value is -3.13. The fourth-order valence-corrected chi connectivity index (χ4v) is 5.41. The minimum absolute atomic E-state index is 0.490. The number of para-hydroxylation sites is 1. The van der Waals surface area contributed by atoms with Crippen molar-refractivity contribution in [1.82, 2.24) is 19.7 Å². The van der Waals surface area contributed by atoms with E-state index in [1.54, 1.807) is 6.07 Å². The lowest BCUT2D eigenvalue weighted by Crippen LogP contribution is -2.38. The maximum absolute atomic E-state index is 6.76. The quantitative estimate of drug-likeness (QED) is 0.201. The maximum Gasteiger partial charge on any atom is 0.167 e. The van der Waals surface area contributed by atoms with Crippen LogP contribution in [-0.2, 0) is 4.74 Å². The third-order valence-corrected chi connectivity index (χ3v) is 7.55. The van der Waals surface area contributed by atoms with Gasteiger partial charge in [-0.25, -0.2) is 9.67 Å². The number of morpholine rings is 1. The van der Waals surface area contributed by atoms with Gasteiger partial charge >= 0.3 is 0 Å². The van der Waals surface area contributed by atoms with Crippen molar-refractivity contribution in [3.63, 3.8) is 0 Å². The summed E-state index contributed by atoms with van der Waals surface area (Å²) in [6.45, 7) is 4.51. The third-order valence-electron chi connectivity index (χ3n) is 6.75. The zero-order valence-corrected chi connectivity index (χ0v) is 23.3. The van der Waals surface area contributed by atoms with Crippen molar-refractivity contribution in [3.05, 3.63) is 94.1 Å². The molecule has 0 N–H and O–H groups in total. The van der Waals surface area contributed by atoms with Gasteiger partial charge in [0.15, 0.2) is 5.65 Å². The molecule has 0 unspecified atom stereocenters. The highest BCUT2D eigenvalue weighted by molar-refractivity contribution is 6.36. The second kappa shape index (κ2) is 11.5. The first kappa shape index (κ1) is 26.1. The Morgan fingerprint density at radius 2 is 1.62 bits per heavy atom. The lowest BCUT2D eigenvalue weighted by molar-refractivity contribution is 0.0323. The first-order chi connectivity index (χ1) is 19.1. The average Bonchev–Trinajstić information content (AvgIpc) is 3.38. The molecule has 0 radical (unpaired) electrons. The van der Waals surface area contributed by atoms with E-state index >= 15 is 0 Å². The predicted molar refractivity (Wildman–Crippen MR) is 158 cm³/mol. The van der Waals surface area contributed by atoms with Gasteiger partial charge in [0.05, 0.1) is 46.8 Å². The van der Waals surface area contributed by atoms with Crippen molar-refractivity contribution < 1.29 is 9.47 Å². The maximum atomic E-state index is 6.76. The fraction of sp³-hybridized carbons (Fsp3) is 0.200. The minimum Gasteiger partial charge on any atom is -0.491 e. The molecule has 0 saturated carbocycles. The van der Waals surface area contributed by atoms with Crippen LogP contribution < -0.4 is 4.74 Å². The molecule has 0 aliphatic carbocycles. The topological polar surface area (TPSA) is 52.4 Å². The fourth-order valence-electron chi connectivity index (χ4n) is 4.78. The molecule has 6 nitrogen and oxygen atoms in total. The molecule has 1 aliphatic rings. The monoisotopic (exact) mass is 578 g/mol. The molecule has 198 valence electrons. The van der Waals surface area contributed by atoms with E-state index < -0.39 is 0 Å². The van der Waals surface area contributed by atoms with E-state index in [9.17, 15) is 0 Å². The van der Waals surface area contributed by atoms with Crippen LogP contribution in [0.25, 0.3) is 39.1 Å². The molecule has 0 atom stereocenters. The molecule has 3 heterocycles. The standard InChI is InChI=1S/C30H25Cl3N4O2/c31-21-8-6-20(7-9-21)27-28(24-11-10-22(32)18-26(24)33)35-30-25(19-34-37(30)23-4-2-1-3-5-23)29(27)39-17-14-36-12-15-38-16-13-36/h1-11,18-19H,12-17H2. The molecule has 1 saturated heterocycles. The molecule has 1 aliphatic heterocycles. The number of fused-ring (bicyclic) bond motifs is 1. The van der Waals surface area contributed by atoms with Gasteiger partial charge in [0.2, 0.25) is 0 Å². The molecule has 5 aromatic rings.